The summed E-state index contributed by atoms with van der Waals surface area (Å²) in [6.07, 6.45) is 4.44. The van der Waals surface area contributed by atoms with Gasteiger partial charge in [-0.25, -0.2) is 9.97 Å². The first-order valence-electron chi connectivity index (χ1n) is 7.88. The Balaban J connectivity index is 2.35. The molecule has 0 spiro atoms. The Morgan fingerprint density at radius 2 is 1.54 bits per heavy atom. The van der Waals surface area contributed by atoms with Crippen molar-refractivity contribution in [2.75, 3.05) is 0 Å². The largest absolute Gasteiger partial charge is 0.237 e. The van der Waals surface area contributed by atoms with Gasteiger partial charge in [-0.15, -0.1) is 0 Å². The van der Waals surface area contributed by atoms with Gasteiger partial charge in [0.25, 0.3) is 0 Å². The molecule has 1 heterocycles. The van der Waals surface area contributed by atoms with Gasteiger partial charge in [-0.2, -0.15) is 10.5 Å². The van der Waals surface area contributed by atoms with Gasteiger partial charge in [0, 0.05) is 0 Å². The zero-order valence-corrected chi connectivity index (χ0v) is 14.5. The van der Waals surface area contributed by atoms with Crippen LogP contribution < -0.4 is 0 Å². The highest BCUT2D eigenvalue weighted by atomic mass is 14.8. The highest BCUT2D eigenvalue weighted by molar-refractivity contribution is 5.69. The third kappa shape index (κ3) is 3.86. The van der Waals surface area contributed by atoms with Crippen LogP contribution in [0.4, 0.5) is 0 Å². The molecule has 0 bridgehead atoms. The van der Waals surface area contributed by atoms with Crippen LogP contribution in [0.3, 0.4) is 0 Å². The third-order valence-corrected chi connectivity index (χ3v) is 3.76. The molecule has 0 N–H and O–H groups in total. The Kier molecular flexibility index (Phi) is 5.11. The van der Waals surface area contributed by atoms with Crippen LogP contribution in [0.25, 0.3) is 12.2 Å². The van der Waals surface area contributed by atoms with E-state index in [1.807, 2.05) is 31.2 Å². The molecule has 1 aromatic carbocycles. The molecule has 0 saturated heterocycles. The van der Waals surface area contributed by atoms with Gasteiger partial charge in [0.2, 0.25) is 0 Å². The standard InChI is InChI=1S/C20H20N4/c1-5-16-17(24-19(13-22)18(12-21)23-16)11-8-14-6-9-15(10-7-14)20(2,3)4/h6-11H,5H2,1-4H3/b11-8-. The summed E-state index contributed by atoms with van der Waals surface area (Å²) in [6.45, 7) is 8.50. The molecule has 24 heavy (non-hydrogen) atoms. The van der Waals surface area contributed by atoms with Gasteiger partial charge in [0.05, 0.1) is 11.4 Å². The first-order chi connectivity index (χ1) is 11.4. The van der Waals surface area contributed by atoms with E-state index in [4.69, 9.17) is 10.5 Å². The van der Waals surface area contributed by atoms with E-state index < -0.39 is 0 Å². The van der Waals surface area contributed by atoms with Gasteiger partial charge >= 0.3 is 0 Å². The van der Waals surface area contributed by atoms with Crippen LogP contribution >= 0.6 is 0 Å². The number of hydrogen-bond acceptors (Lipinski definition) is 4. The molecule has 0 aliphatic carbocycles. The zero-order valence-electron chi connectivity index (χ0n) is 14.5. The van der Waals surface area contributed by atoms with Gasteiger partial charge in [-0.1, -0.05) is 58.0 Å². The van der Waals surface area contributed by atoms with Crippen LogP contribution in [0, 0.1) is 22.7 Å². The van der Waals surface area contributed by atoms with E-state index in [1.54, 1.807) is 0 Å². The fourth-order valence-corrected chi connectivity index (χ4v) is 2.30. The number of benzene rings is 1. The molecule has 1 aromatic heterocycles. The molecular weight excluding hydrogens is 296 g/mol. The van der Waals surface area contributed by atoms with E-state index in [0.717, 1.165) is 5.56 Å². The second kappa shape index (κ2) is 7.06. The lowest BCUT2D eigenvalue weighted by atomic mass is 9.87. The van der Waals surface area contributed by atoms with E-state index in [1.165, 1.54) is 5.56 Å². The minimum absolute atomic E-state index is 0.0671. The van der Waals surface area contributed by atoms with E-state index in [9.17, 15) is 0 Å². The van der Waals surface area contributed by atoms with Gasteiger partial charge < -0.3 is 0 Å². The van der Waals surface area contributed by atoms with Crippen molar-refractivity contribution >= 4 is 12.2 Å². The quantitative estimate of drug-likeness (QED) is 0.848. The number of nitrogens with zero attached hydrogens (tertiary/aromatic N) is 4. The minimum Gasteiger partial charge on any atom is -0.237 e. The number of aromatic nitrogens is 2. The first-order valence-corrected chi connectivity index (χ1v) is 7.88. The molecule has 0 radical (unpaired) electrons. The topological polar surface area (TPSA) is 73.4 Å². The second-order valence-corrected chi connectivity index (χ2v) is 6.54. The lowest BCUT2D eigenvalue weighted by molar-refractivity contribution is 0.590. The van der Waals surface area contributed by atoms with Gasteiger partial charge in [-0.3, -0.25) is 0 Å². The fourth-order valence-electron chi connectivity index (χ4n) is 2.30. The number of hydrogen-bond donors (Lipinski definition) is 0. The van der Waals surface area contributed by atoms with Crippen LogP contribution in [-0.4, -0.2) is 9.97 Å². The molecule has 0 saturated carbocycles. The lowest BCUT2D eigenvalue weighted by Gasteiger charge is -2.18. The minimum atomic E-state index is 0.0671. The molecule has 2 rings (SSSR count). The summed E-state index contributed by atoms with van der Waals surface area (Å²) in [6, 6.07) is 12.2. The average Bonchev–Trinajstić information content (AvgIpc) is 2.58. The summed E-state index contributed by atoms with van der Waals surface area (Å²) in [5, 5.41) is 18.1. The molecule has 0 unspecified atom stereocenters. The summed E-state index contributed by atoms with van der Waals surface area (Å²) >= 11 is 0. The first kappa shape index (κ1) is 17.4. The Morgan fingerprint density at radius 3 is 2.04 bits per heavy atom. The maximum Gasteiger partial charge on any atom is 0.177 e. The van der Waals surface area contributed by atoms with Crippen molar-refractivity contribution in [2.24, 2.45) is 0 Å². The Bertz CT molecular complexity index is 841. The predicted octanol–water partition coefficient (Wildman–Crippen LogP) is 4.25. The summed E-state index contributed by atoms with van der Waals surface area (Å²) in [5.41, 5.74) is 3.95. The van der Waals surface area contributed by atoms with Crippen molar-refractivity contribution in [2.45, 2.75) is 39.5 Å². The molecule has 0 aliphatic heterocycles. The zero-order chi connectivity index (χ0) is 17.7. The van der Waals surface area contributed by atoms with Crippen LogP contribution in [0.1, 0.15) is 61.6 Å². The Hall–Kier alpha value is -2.98. The summed E-state index contributed by atoms with van der Waals surface area (Å²) in [5.74, 6) is 0. The van der Waals surface area contributed by atoms with Crippen molar-refractivity contribution in [3.8, 4) is 12.1 Å². The molecule has 0 atom stereocenters. The maximum atomic E-state index is 9.10. The van der Waals surface area contributed by atoms with Crippen LogP contribution in [-0.2, 0) is 11.8 Å². The van der Waals surface area contributed by atoms with E-state index in [0.29, 0.717) is 17.8 Å². The fraction of sp³-hybridized carbons (Fsp3) is 0.300. The molecular formula is C20H20N4. The van der Waals surface area contributed by atoms with Crippen molar-refractivity contribution in [1.29, 1.82) is 10.5 Å². The molecule has 120 valence electrons. The van der Waals surface area contributed by atoms with Crippen LogP contribution in [0.5, 0.6) is 0 Å². The predicted molar refractivity (Wildman–Crippen MR) is 94.9 cm³/mol. The van der Waals surface area contributed by atoms with Crippen LogP contribution in [0.15, 0.2) is 24.3 Å². The summed E-state index contributed by atoms with van der Waals surface area (Å²) < 4.78 is 0. The van der Waals surface area contributed by atoms with Crippen LogP contribution in [0.2, 0.25) is 0 Å². The van der Waals surface area contributed by atoms with Gasteiger partial charge in [0.15, 0.2) is 11.4 Å². The molecule has 0 amide bonds. The highest BCUT2D eigenvalue weighted by Gasteiger charge is 2.13. The highest BCUT2D eigenvalue weighted by Crippen LogP contribution is 2.22. The van der Waals surface area contributed by atoms with E-state index in [-0.39, 0.29) is 16.8 Å². The smallest absolute Gasteiger partial charge is 0.177 e. The van der Waals surface area contributed by atoms with Crippen molar-refractivity contribution in [3.05, 3.63) is 58.2 Å². The van der Waals surface area contributed by atoms with Crippen molar-refractivity contribution < 1.29 is 0 Å². The maximum absolute atomic E-state index is 9.10. The van der Waals surface area contributed by atoms with Gasteiger partial charge in [-0.05, 0) is 29.0 Å². The molecule has 0 fully saturated rings. The average molecular weight is 316 g/mol. The number of aryl methyl sites for hydroxylation is 1. The number of rotatable bonds is 3. The van der Waals surface area contributed by atoms with Gasteiger partial charge in [0.1, 0.15) is 12.1 Å². The Morgan fingerprint density at radius 1 is 0.958 bits per heavy atom. The molecule has 4 heteroatoms. The lowest BCUT2D eigenvalue weighted by Crippen LogP contribution is -2.10. The summed E-state index contributed by atoms with van der Waals surface area (Å²) in [7, 11) is 0. The number of nitriles is 2. The third-order valence-electron chi connectivity index (χ3n) is 3.76. The molecule has 0 aliphatic rings. The SMILES string of the molecule is CCc1nc(C#N)c(C#N)nc1/C=C\c1ccc(C(C)(C)C)cc1. The van der Waals surface area contributed by atoms with Crippen molar-refractivity contribution in [1.82, 2.24) is 9.97 Å². The monoisotopic (exact) mass is 316 g/mol. The second-order valence-electron chi connectivity index (χ2n) is 6.54. The van der Waals surface area contributed by atoms with Crippen molar-refractivity contribution in [3.63, 3.8) is 0 Å². The summed E-state index contributed by atoms with van der Waals surface area (Å²) in [4.78, 5) is 8.51. The van der Waals surface area contributed by atoms with E-state index >= 15 is 0 Å². The molecule has 2 aromatic rings. The van der Waals surface area contributed by atoms with E-state index in [2.05, 4.69) is 55.0 Å². The molecule has 4 nitrogen and oxygen atoms in total. The normalized spacial score (nSPS) is 11.2. The Labute approximate surface area is 143 Å².